The lowest BCUT2D eigenvalue weighted by Gasteiger charge is -2.37. The summed E-state index contributed by atoms with van der Waals surface area (Å²) in [6, 6.07) is 8.87. The predicted molar refractivity (Wildman–Crippen MR) is 79.7 cm³/mol. The van der Waals surface area contributed by atoms with E-state index in [0.29, 0.717) is 11.0 Å². The lowest BCUT2D eigenvalue weighted by atomic mass is 10.1. The number of nitrogens with two attached hydrogens (primary N) is 1. The summed E-state index contributed by atoms with van der Waals surface area (Å²) in [4.78, 5) is 5.37. The number of thiocarbonyl (C=S) groups is 1. The molecule has 1 aliphatic rings. The fourth-order valence-electron chi connectivity index (χ4n) is 2.35. The average molecular weight is 263 g/mol. The van der Waals surface area contributed by atoms with Crippen molar-refractivity contribution < 1.29 is 0 Å². The van der Waals surface area contributed by atoms with Crippen LogP contribution in [0.4, 0.5) is 0 Å². The van der Waals surface area contributed by atoms with E-state index in [4.69, 9.17) is 18.0 Å². The predicted octanol–water partition coefficient (Wildman–Crippen LogP) is 1.46. The van der Waals surface area contributed by atoms with Gasteiger partial charge in [0.05, 0.1) is 0 Å². The average Bonchev–Trinajstić information content (AvgIpc) is 2.34. The minimum atomic E-state index is 0.476. The SMILES string of the molecule is CC1CN(Cc2cccc(C(N)=S)c2)CCN1C. The fraction of sp³-hybridized carbons (Fsp3) is 0.500. The van der Waals surface area contributed by atoms with Gasteiger partial charge in [-0.1, -0.05) is 30.4 Å². The standard InChI is InChI=1S/C14H21N3S/c1-11-9-17(7-6-16(11)2)10-12-4-3-5-13(8-12)14(15)18/h3-5,8,11H,6-7,9-10H2,1-2H3,(H2,15,18). The minimum absolute atomic E-state index is 0.476. The highest BCUT2D eigenvalue weighted by molar-refractivity contribution is 7.80. The molecule has 1 aromatic rings. The van der Waals surface area contributed by atoms with Gasteiger partial charge in [-0.2, -0.15) is 0 Å². The molecule has 1 saturated heterocycles. The topological polar surface area (TPSA) is 32.5 Å². The second-order valence-corrected chi connectivity index (χ2v) is 5.57. The summed E-state index contributed by atoms with van der Waals surface area (Å²) in [6.45, 7) is 6.63. The van der Waals surface area contributed by atoms with Crippen LogP contribution in [-0.2, 0) is 6.54 Å². The summed E-state index contributed by atoms with van der Waals surface area (Å²) in [5, 5.41) is 0. The Labute approximate surface area is 115 Å². The first-order valence-electron chi connectivity index (χ1n) is 6.37. The first kappa shape index (κ1) is 13.5. The van der Waals surface area contributed by atoms with Crippen LogP contribution < -0.4 is 5.73 Å². The van der Waals surface area contributed by atoms with Gasteiger partial charge in [0, 0.05) is 37.8 Å². The van der Waals surface area contributed by atoms with E-state index in [1.165, 1.54) is 5.56 Å². The van der Waals surface area contributed by atoms with E-state index in [1.807, 2.05) is 12.1 Å². The highest BCUT2D eigenvalue weighted by Gasteiger charge is 2.20. The van der Waals surface area contributed by atoms with Crippen molar-refractivity contribution in [3.8, 4) is 0 Å². The highest BCUT2D eigenvalue weighted by Crippen LogP contribution is 2.13. The van der Waals surface area contributed by atoms with Crippen LogP contribution in [0.3, 0.4) is 0 Å². The van der Waals surface area contributed by atoms with E-state index in [-0.39, 0.29) is 0 Å². The van der Waals surface area contributed by atoms with Gasteiger partial charge in [0.15, 0.2) is 0 Å². The third-order valence-corrected chi connectivity index (χ3v) is 3.90. The lowest BCUT2D eigenvalue weighted by molar-refractivity contribution is 0.1000. The molecule has 1 unspecified atom stereocenters. The maximum absolute atomic E-state index is 5.67. The molecule has 0 radical (unpaired) electrons. The van der Waals surface area contributed by atoms with E-state index in [1.54, 1.807) is 0 Å². The summed E-state index contributed by atoms with van der Waals surface area (Å²) in [7, 11) is 2.19. The highest BCUT2D eigenvalue weighted by atomic mass is 32.1. The van der Waals surface area contributed by atoms with E-state index in [0.717, 1.165) is 31.7 Å². The van der Waals surface area contributed by atoms with E-state index < -0.39 is 0 Å². The van der Waals surface area contributed by atoms with Crippen LogP contribution in [0.25, 0.3) is 0 Å². The molecular weight excluding hydrogens is 242 g/mol. The lowest BCUT2D eigenvalue weighted by Crippen LogP contribution is -2.49. The largest absolute Gasteiger partial charge is 0.389 e. The molecule has 1 aliphatic heterocycles. The maximum atomic E-state index is 5.67. The number of benzene rings is 1. The summed E-state index contributed by atoms with van der Waals surface area (Å²) >= 11 is 5.02. The van der Waals surface area contributed by atoms with Crippen LogP contribution in [0.1, 0.15) is 18.1 Å². The first-order chi connectivity index (χ1) is 8.56. The summed E-state index contributed by atoms with van der Waals surface area (Å²) in [5.41, 5.74) is 7.92. The molecule has 0 bridgehead atoms. The molecule has 0 aliphatic carbocycles. The number of piperazine rings is 1. The van der Waals surface area contributed by atoms with Crippen LogP contribution in [-0.4, -0.2) is 47.5 Å². The molecule has 0 spiro atoms. The monoisotopic (exact) mass is 263 g/mol. The molecule has 1 heterocycles. The van der Waals surface area contributed by atoms with Crippen molar-refractivity contribution in [1.29, 1.82) is 0 Å². The van der Waals surface area contributed by atoms with Gasteiger partial charge in [0.25, 0.3) is 0 Å². The number of hydrogen-bond donors (Lipinski definition) is 1. The zero-order chi connectivity index (χ0) is 13.1. The maximum Gasteiger partial charge on any atom is 0.103 e. The Morgan fingerprint density at radius 3 is 2.89 bits per heavy atom. The first-order valence-corrected chi connectivity index (χ1v) is 6.78. The van der Waals surface area contributed by atoms with Crippen LogP contribution in [0.15, 0.2) is 24.3 Å². The molecule has 0 aromatic heterocycles. The molecule has 2 rings (SSSR count). The van der Waals surface area contributed by atoms with Gasteiger partial charge in [0.1, 0.15) is 4.99 Å². The van der Waals surface area contributed by atoms with Crippen molar-refractivity contribution >= 4 is 17.2 Å². The second-order valence-electron chi connectivity index (χ2n) is 5.13. The van der Waals surface area contributed by atoms with Crippen molar-refractivity contribution in [2.75, 3.05) is 26.7 Å². The molecule has 2 N–H and O–H groups in total. The van der Waals surface area contributed by atoms with Crippen molar-refractivity contribution in [2.24, 2.45) is 5.73 Å². The minimum Gasteiger partial charge on any atom is -0.389 e. The third-order valence-electron chi connectivity index (χ3n) is 3.66. The Kier molecular flexibility index (Phi) is 4.32. The zero-order valence-corrected chi connectivity index (χ0v) is 11.9. The van der Waals surface area contributed by atoms with Gasteiger partial charge < -0.3 is 10.6 Å². The molecule has 4 heteroatoms. The molecule has 0 saturated carbocycles. The van der Waals surface area contributed by atoms with E-state index in [9.17, 15) is 0 Å². The van der Waals surface area contributed by atoms with Crippen LogP contribution >= 0.6 is 12.2 Å². The van der Waals surface area contributed by atoms with Crippen molar-refractivity contribution in [3.63, 3.8) is 0 Å². The second kappa shape index (κ2) is 5.78. The molecule has 18 heavy (non-hydrogen) atoms. The Morgan fingerprint density at radius 2 is 2.22 bits per heavy atom. The molecule has 0 amide bonds. The smallest absolute Gasteiger partial charge is 0.103 e. The van der Waals surface area contributed by atoms with Gasteiger partial charge in [-0.05, 0) is 25.6 Å². The molecule has 3 nitrogen and oxygen atoms in total. The Morgan fingerprint density at radius 1 is 1.44 bits per heavy atom. The van der Waals surface area contributed by atoms with Crippen LogP contribution in [0, 0.1) is 0 Å². The Balaban J connectivity index is 2.01. The quantitative estimate of drug-likeness (QED) is 0.837. The summed E-state index contributed by atoms with van der Waals surface area (Å²) in [6.07, 6.45) is 0. The fourth-order valence-corrected chi connectivity index (χ4v) is 2.48. The molecule has 1 atom stereocenters. The van der Waals surface area contributed by atoms with Gasteiger partial charge in [-0.25, -0.2) is 0 Å². The number of hydrogen-bond acceptors (Lipinski definition) is 3. The summed E-state index contributed by atoms with van der Waals surface area (Å²) < 4.78 is 0. The van der Waals surface area contributed by atoms with Gasteiger partial charge in [-0.3, -0.25) is 4.90 Å². The van der Waals surface area contributed by atoms with E-state index >= 15 is 0 Å². The number of nitrogens with zero attached hydrogens (tertiary/aromatic N) is 2. The summed E-state index contributed by atoms with van der Waals surface area (Å²) in [5.74, 6) is 0. The van der Waals surface area contributed by atoms with E-state index in [2.05, 4.69) is 35.9 Å². The molecule has 98 valence electrons. The van der Waals surface area contributed by atoms with Gasteiger partial charge >= 0.3 is 0 Å². The van der Waals surface area contributed by atoms with Gasteiger partial charge in [0.2, 0.25) is 0 Å². The van der Waals surface area contributed by atoms with Crippen molar-refractivity contribution in [2.45, 2.75) is 19.5 Å². The molecule has 1 fully saturated rings. The van der Waals surface area contributed by atoms with Crippen LogP contribution in [0.2, 0.25) is 0 Å². The number of rotatable bonds is 3. The Hall–Kier alpha value is -0.970. The van der Waals surface area contributed by atoms with Crippen LogP contribution in [0.5, 0.6) is 0 Å². The third kappa shape index (κ3) is 3.28. The van der Waals surface area contributed by atoms with Gasteiger partial charge in [-0.15, -0.1) is 0 Å². The normalized spacial score (nSPS) is 22.0. The molecule has 1 aromatic carbocycles. The molecular formula is C14H21N3S. The van der Waals surface area contributed by atoms with Crippen molar-refractivity contribution in [3.05, 3.63) is 35.4 Å². The zero-order valence-electron chi connectivity index (χ0n) is 11.1. The Bertz CT molecular complexity index is 433. The number of likely N-dealkylation sites (N-methyl/N-ethyl adjacent to an activating group) is 1. The van der Waals surface area contributed by atoms with Crippen molar-refractivity contribution in [1.82, 2.24) is 9.80 Å².